The van der Waals surface area contributed by atoms with Crippen LogP contribution in [0.2, 0.25) is 5.15 Å². The van der Waals surface area contributed by atoms with Gasteiger partial charge in [-0.1, -0.05) is 11.6 Å². The molecule has 1 aliphatic carbocycles. The Labute approximate surface area is 186 Å². The molecule has 0 unspecified atom stereocenters. The van der Waals surface area contributed by atoms with Gasteiger partial charge in [-0.3, -0.25) is 9.97 Å². The highest BCUT2D eigenvalue weighted by molar-refractivity contribution is 6.29. The molecule has 3 heterocycles. The zero-order valence-electron chi connectivity index (χ0n) is 17.4. The Morgan fingerprint density at radius 3 is 2.65 bits per heavy atom. The summed E-state index contributed by atoms with van der Waals surface area (Å²) in [6.07, 6.45) is 12.2. The monoisotopic (exact) mass is 439 g/mol. The van der Waals surface area contributed by atoms with E-state index in [2.05, 4.69) is 37.0 Å². The second-order valence-electron chi connectivity index (χ2n) is 8.27. The average molecular weight is 440 g/mol. The molecule has 7 nitrogen and oxygen atoms in total. The summed E-state index contributed by atoms with van der Waals surface area (Å²) in [5, 5.41) is 0.461. The Bertz CT molecular complexity index is 1040. The first-order valence-corrected chi connectivity index (χ1v) is 11.3. The number of ether oxygens (including phenoxy) is 2. The first kappa shape index (κ1) is 20.4. The van der Waals surface area contributed by atoms with Gasteiger partial charge in [0.25, 0.3) is 0 Å². The smallest absolute Gasteiger partial charge is 0.149 e. The summed E-state index contributed by atoms with van der Waals surface area (Å²) in [5.74, 6) is 1.42. The van der Waals surface area contributed by atoms with Crippen LogP contribution in [0.25, 0.3) is 11.0 Å². The molecule has 0 atom stereocenters. The fraction of sp³-hybridized carbons (Fsp3) is 0.478. The van der Waals surface area contributed by atoms with Gasteiger partial charge in [0.2, 0.25) is 0 Å². The highest BCUT2D eigenvalue weighted by Crippen LogP contribution is 2.34. The van der Waals surface area contributed by atoms with Crippen LogP contribution in [-0.2, 0) is 11.2 Å². The predicted molar refractivity (Wildman–Crippen MR) is 120 cm³/mol. The summed E-state index contributed by atoms with van der Waals surface area (Å²) in [5.41, 5.74) is 3.79. The largest absolute Gasteiger partial charge is 0.488 e. The minimum absolute atomic E-state index is 0.187. The third-order valence-corrected chi connectivity index (χ3v) is 6.32. The maximum absolute atomic E-state index is 6.51. The minimum Gasteiger partial charge on any atom is -0.488 e. The van der Waals surface area contributed by atoms with Crippen molar-refractivity contribution in [1.29, 1.82) is 0 Å². The zero-order valence-corrected chi connectivity index (χ0v) is 18.2. The van der Waals surface area contributed by atoms with Gasteiger partial charge in [0.15, 0.2) is 0 Å². The summed E-state index contributed by atoms with van der Waals surface area (Å²) >= 11 is 5.98. The van der Waals surface area contributed by atoms with Gasteiger partial charge < -0.3 is 14.4 Å². The van der Waals surface area contributed by atoms with Crippen LogP contribution < -0.4 is 9.64 Å². The van der Waals surface area contributed by atoms with Crippen LogP contribution in [0.15, 0.2) is 36.9 Å². The number of rotatable bonds is 5. The molecule has 0 N–H and O–H groups in total. The Balaban J connectivity index is 1.28. The number of nitrogens with zero attached hydrogens (tertiary/aromatic N) is 5. The highest BCUT2D eigenvalue weighted by Gasteiger charge is 2.25. The maximum atomic E-state index is 6.51. The third-order valence-electron chi connectivity index (χ3n) is 6.14. The highest BCUT2D eigenvalue weighted by atomic mass is 35.5. The Morgan fingerprint density at radius 2 is 1.84 bits per heavy atom. The summed E-state index contributed by atoms with van der Waals surface area (Å²) in [4.78, 5) is 20.0. The fourth-order valence-corrected chi connectivity index (χ4v) is 4.69. The average Bonchev–Trinajstić information content (AvgIpc) is 2.81. The van der Waals surface area contributed by atoms with Gasteiger partial charge in [0, 0.05) is 43.4 Å². The van der Waals surface area contributed by atoms with Crippen LogP contribution in [0.4, 0.5) is 5.69 Å². The van der Waals surface area contributed by atoms with E-state index >= 15 is 0 Å². The van der Waals surface area contributed by atoms with Gasteiger partial charge in [-0.05, 0) is 44.1 Å². The molecule has 162 valence electrons. The second-order valence-corrected chi connectivity index (χ2v) is 8.65. The maximum Gasteiger partial charge on any atom is 0.149 e. The molecule has 1 saturated heterocycles. The van der Waals surface area contributed by atoms with Crippen LogP contribution in [0.5, 0.6) is 5.75 Å². The van der Waals surface area contributed by atoms with Crippen LogP contribution in [0, 0.1) is 5.92 Å². The number of morpholine rings is 1. The number of halogens is 1. The molecular formula is C23H26ClN5O2. The fourth-order valence-electron chi connectivity index (χ4n) is 4.53. The number of benzene rings is 1. The van der Waals surface area contributed by atoms with Crippen LogP contribution in [-0.4, -0.2) is 52.3 Å². The molecule has 1 aromatic carbocycles. The van der Waals surface area contributed by atoms with Crippen molar-refractivity contribution in [3.05, 3.63) is 47.8 Å². The van der Waals surface area contributed by atoms with Gasteiger partial charge in [0.1, 0.15) is 16.4 Å². The van der Waals surface area contributed by atoms with Crippen molar-refractivity contribution in [2.45, 2.75) is 38.2 Å². The van der Waals surface area contributed by atoms with E-state index in [1.165, 1.54) is 0 Å². The van der Waals surface area contributed by atoms with E-state index in [0.29, 0.717) is 11.1 Å². The first-order valence-electron chi connectivity index (χ1n) is 10.9. The summed E-state index contributed by atoms with van der Waals surface area (Å²) in [7, 11) is 0. The molecule has 0 bridgehead atoms. The third kappa shape index (κ3) is 4.88. The minimum atomic E-state index is 0.187. The van der Waals surface area contributed by atoms with Crippen molar-refractivity contribution in [1.82, 2.24) is 19.9 Å². The van der Waals surface area contributed by atoms with E-state index in [-0.39, 0.29) is 6.10 Å². The number of aromatic nitrogens is 4. The van der Waals surface area contributed by atoms with Crippen molar-refractivity contribution in [2.24, 2.45) is 5.92 Å². The van der Waals surface area contributed by atoms with Crippen LogP contribution in [0.3, 0.4) is 0 Å². The zero-order chi connectivity index (χ0) is 21.0. The molecule has 0 spiro atoms. The molecule has 8 heteroatoms. The van der Waals surface area contributed by atoms with Gasteiger partial charge in [-0.25, -0.2) is 9.97 Å². The van der Waals surface area contributed by atoms with Crippen molar-refractivity contribution in [3.8, 4) is 5.75 Å². The Hall–Kier alpha value is -2.51. The predicted octanol–water partition coefficient (Wildman–Crippen LogP) is 4.09. The number of hydrogen-bond acceptors (Lipinski definition) is 7. The topological polar surface area (TPSA) is 73.3 Å². The first-order chi connectivity index (χ1) is 15.2. The molecule has 2 aromatic heterocycles. The normalized spacial score (nSPS) is 21.9. The summed E-state index contributed by atoms with van der Waals surface area (Å²) in [6, 6.07) is 4.22. The van der Waals surface area contributed by atoms with E-state index in [4.69, 9.17) is 21.1 Å². The van der Waals surface area contributed by atoms with Gasteiger partial charge in [-0.2, -0.15) is 0 Å². The van der Waals surface area contributed by atoms with Crippen LogP contribution >= 0.6 is 11.6 Å². The van der Waals surface area contributed by atoms with Gasteiger partial charge >= 0.3 is 0 Å². The summed E-state index contributed by atoms with van der Waals surface area (Å²) < 4.78 is 12.0. The second kappa shape index (κ2) is 9.32. The van der Waals surface area contributed by atoms with Crippen LogP contribution in [0.1, 0.15) is 31.4 Å². The van der Waals surface area contributed by atoms with Gasteiger partial charge in [0.05, 0.1) is 36.7 Å². The quantitative estimate of drug-likeness (QED) is 0.592. The lowest BCUT2D eigenvalue weighted by atomic mass is 9.84. The molecule has 5 rings (SSSR count). The molecule has 0 radical (unpaired) electrons. The van der Waals surface area contributed by atoms with Crippen molar-refractivity contribution >= 4 is 28.3 Å². The van der Waals surface area contributed by atoms with E-state index in [9.17, 15) is 0 Å². The number of hydrogen-bond donors (Lipinski definition) is 0. The standard InChI is InChI=1S/C23H26ClN5O2/c24-22-15-25-14-17(28-22)11-16-1-3-19(4-2-16)31-21-13-18(29-7-9-30-10-8-29)12-20-23(21)27-6-5-26-20/h5-6,12-16,19H,1-4,7-11H2. The Morgan fingerprint density at radius 1 is 1.03 bits per heavy atom. The molecule has 3 aromatic rings. The molecule has 31 heavy (non-hydrogen) atoms. The number of anilines is 1. The lowest BCUT2D eigenvalue weighted by Gasteiger charge is -2.31. The Kier molecular flexibility index (Phi) is 6.13. The van der Waals surface area contributed by atoms with E-state index in [1.807, 2.05) is 6.20 Å². The molecular weight excluding hydrogens is 414 g/mol. The molecule has 0 amide bonds. The SMILES string of the molecule is Clc1cncc(CC2CCC(Oc3cc(N4CCOCC4)cc4nccnc34)CC2)n1. The lowest BCUT2D eigenvalue weighted by molar-refractivity contribution is 0.122. The molecule has 2 fully saturated rings. The van der Waals surface area contributed by atoms with E-state index in [0.717, 1.165) is 86.6 Å². The lowest BCUT2D eigenvalue weighted by Crippen LogP contribution is -2.36. The van der Waals surface area contributed by atoms with Crippen molar-refractivity contribution in [2.75, 3.05) is 31.2 Å². The van der Waals surface area contributed by atoms with E-state index in [1.54, 1.807) is 18.6 Å². The van der Waals surface area contributed by atoms with Crippen molar-refractivity contribution in [3.63, 3.8) is 0 Å². The molecule has 1 saturated carbocycles. The number of fused-ring (bicyclic) bond motifs is 1. The van der Waals surface area contributed by atoms with E-state index < -0.39 is 0 Å². The van der Waals surface area contributed by atoms with Gasteiger partial charge in [-0.15, -0.1) is 0 Å². The molecule has 1 aliphatic heterocycles. The van der Waals surface area contributed by atoms with Crippen molar-refractivity contribution < 1.29 is 9.47 Å². The molecule has 2 aliphatic rings. The summed E-state index contributed by atoms with van der Waals surface area (Å²) in [6.45, 7) is 3.25.